The van der Waals surface area contributed by atoms with E-state index in [2.05, 4.69) is 5.32 Å². The molecule has 0 fully saturated rings. The van der Waals surface area contributed by atoms with E-state index in [9.17, 15) is 14.7 Å². The summed E-state index contributed by atoms with van der Waals surface area (Å²) in [5, 5.41) is 12.1. The number of carbonyl (C=O) groups is 2. The third-order valence-electron chi connectivity index (χ3n) is 2.93. The lowest BCUT2D eigenvalue weighted by Crippen LogP contribution is -2.40. The predicted octanol–water partition coefficient (Wildman–Crippen LogP) is 1.30. The van der Waals surface area contributed by atoms with E-state index in [1.54, 1.807) is 19.1 Å². The van der Waals surface area contributed by atoms with Crippen molar-refractivity contribution in [3.63, 3.8) is 0 Å². The first-order chi connectivity index (χ1) is 9.01. The number of nitrogens with one attached hydrogen (secondary N) is 1. The molecule has 0 spiro atoms. The van der Waals surface area contributed by atoms with Crippen molar-refractivity contribution in [1.29, 1.82) is 0 Å². The van der Waals surface area contributed by atoms with Crippen LogP contribution in [-0.4, -0.2) is 42.0 Å². The number of benzene rings is 1. The van der Waals surface area contributed by atoms with Crippen LogP contribution in [0.25, 0.3) is 0 Å². The Kier molecular flexibility index (Phi) is 5.36. The Labute approximate surface area is 113 Å². The molecule has 0 aliphatic rings. The second-order valence-electron chi connectivity index (χ2n) is 4.35. The van der Waals surface area contributed by atoms with Crippen LogP contribution in [0.2, 0.25) is 0 Å². The molecular formula is C14H20N2O3. The van der Waals surface area contributed by atoms with Gasteiger partial charge in [-0.1, -0.05) is 13.0 Å². The molecule has 1 aromatic carbocycles. The van der Waals surface area contributed by atoms with Crippen LogP contribution in [0.3, 0.4) is 0 Å². The van der Waals surface area contributed by atoms with Gasteiger partial charge in [0.05, 0.1) is 6.54 Å². The number of phenols is 1. The topological polar surface area (TPSA) is 69.6 Å². The number of nitrogens with zero attached hydrogens (tertiary/aromatic N) is 1. The fourth-order valence-corrected chi connectivity index (χ4v) is 1.80. The molecule has 0 radical (unpaired) electrons. The molecule has 0 bridgehead atoms. The molecule has 0 heterocycles. The number of hydrogen-bond acceptors (Lipinski definition) is 3. The van der Waals surface area contributed by atoms with Gasteiger partial charge in [0.25, 0.3) is 5.91 Å². The maximum atomic E-state index is 12.4. The van der Waals surface area contributed by atoms with E-state index in [0.29, 0.717) is 17.7 Å². The van der Waals surface area contributed by atoms with Gasteiger partial charge in [0.1, 0.15) is 5.75 Å². The fourth-order valence-electron chi connectivity index (χ4n) is 1.80. The number of aromatic hydroxyl groups is 1. The predicted molar refractivity (Wildman–Crippen MR) is 73.1 cm³/mol. The zero-order valence-corrected chi connectivity index (χ0v) is 11.6. The van der Waals surface area contributed by atoms with Crippen molar-refractivity contribution >= 4 is 11.8 Å². The van der Waals surface area contributed by atoms with E-state index in [-0.39, 0.29) is 24.1 Å². The minimum atomic E-state index is -0.237. The van der Waals surface area contributed by atoms with Crippen LogP contribution in [0.15, 0.2) is 18.2 Å². The number of amides is 2. The molecule has 0 aliphatic heterocycles. The Morgan fingerprint density at radius 1 is 1.37 bits per heavy atom. The summed E-state index contributed by atoms with van der Waals surface area (Å²) in [6.07, 6.45) is 0.764. The lowest BCUT2D eigenvalue weighted by molar-refractivity contribution is -0.121. The Morgan fingerprint density at radius 3 is 2.63 bits per heavy atom. The highest BCUT2D eigenvalue weighted by atomic mass is 16.3. The Bertz CT molecular complexity index is 472. The molecule has 2 amide bonds. The molecule has 0 saturated heterocycles. The SMILES string of the molecule is CCCN(CC(=O)NC)C(=O)c1cccc(O)c1C. The molecule has 1 aromatic rings. The summed E-state index contributed by atoms with van der Waals surface area (Å²) in [5.74, 6) is -0.360. The lowest BCUT2D eigenvalue weighted by atomic mass is 10.1. The second kappa shape index (κ2) is 6.78. The average Bonchev–Trinajstić information content (AvgIpc) is 2.40. The monoisotopic (exact) mass is 264 g/mol. The van der Waals surface area contributed by atoms with Crippen LogP contribution in [0.1, 0.15) is 29.3 Å². The van der Waals surface area contributed by atoms with Gasteiger partial charge >= 0.3 is 0 Å². The number of rotatable bonds is 5. The van der Waals surface area contributed by atoms with E-state index in [0.717, 1.165) is 6.42 Å². The van der Waals surface area contributed by atoms with Gasteiger partial charge in [-0.3, -0.25) is 9.59 Å². The van der Waals surface area contributed by atoms with Gasteiger partial charge in [-0.05, 0) is 25.5 Å². The zero-order valence-electron chi connectivity index (χ0n) is 11.6. The molecule has 0 aromatic heterocycles. The van der Waals surface area contributed by atoms with Crippen molar-refractivity contribution < 1.29 is 14.7 Å². The van der Waals surface area contributed by atoms with Crippen LogP contribution < -0.4 is 5.32 Å². The number of hydrogen-bond donors (Lipinski definition) is 2. The van der Waals surface area contributed by atoms with E-state index in [1.165, 1.54) is 18.0 Å². The van der Waals surface area contributed by atoms with Crippen molar-refractivity contribution in [2.45, 2.75) is 20.3 Å². The third-order valence-corrected chi connectivity index (χ3v) is 2.93. The van der Waals surface area contributed by atoms with Crippen LogP contribution in [-0.2, 0) is 4.79 Å². The van der Waals surface area contributed by atoms with Crippen LogP contribution in [0, 0.1) is 6.92 Å². The smallest absolute Gasteiger partial charge is 0.254 e. The van der Waals surface area contributed by atoms with Crippen molar-refractivity contribution in [2.24, 2.45) is 0 Å². The van der Waals surface area contributed by atoms with Gasteiger partial charge in [0.15, 0.2) is 0 Å². The van der Waals surface area contributed by atoms with Crippen molar-refractivity contribution in [3.05, 3.63) is 29.3 Å². The normalized spacial score (nSPS) is 10.1. The van der Waals surface area contributed by atoms with E-state index < -0.39 is 0 Å². The largest absolute Gasteiger partial charge is 0.508 e. The maximum absolute atomic E-state index is 12.4. The van der Waals surface area contributed by atoms with Crippen LogP contribution >= 0.6 is 0 Å². The molecule has 0 aliphatic carbocycles. The highest BCUT2D eigenvalue weighted by Gasteiger charge is 2.20. The highest BCUT2D eigenvalue weighted by Crippen LogP contribution is 2.20. The van der Waals surface area contributed by atoms with Crippen LogP contribution in [0.4, 0.5) is 0 Å². The van der Waals surface area contributed by atoms with Gasteiger partial charge in [-0.15, -0.1) is 0 Å². The number of carbonyl (C=O) groups excluding carboxylic acids is 2. The molecule has 0 unspecified atom stereocenters. The summed E-state index contributed by atoms with van der Waals surface area (Å²) >= 11 is 0. The second-order valence-corrected chi connectivity index (χ2v) is 4.35. The zero-order chi connectivity index (χ0) is 14.4. The third kappa shape index (κ3) is 3.71. The molecule has 1 rings (SSSR count). The molecule has 0 atom stereocenters. The van der Waals surface area contributed by atoms with Gasteiger partial charge in [0.2, 0.25) is 5.91 Å². The van der Waals surface area contributed by atoms with Crippen molar-refractivity contribution in [1.82, 2.24) is 10.2 Å². The molecule has 104 valence electrons. The molecule has 5 nitrogen and oxygen atoms in total. The molecule has 19 heavy (non-hydrogen) atoms. The summed E-state index contributed by atoms with van der Waals surface area (Å²) in [4.78, 5) is 25.3. The van der Waals surface area contributed by atoms with Gasteiger partial charge < -0.3 is 15.3 Å². The van der Waals surface area contributed by atoms with Crippen LogP contribution in [0.5, 0.6) is 5.75 Å². The summed E-state index contributed by atoms with van der Waals surface area (Å²) in [6, 6.07) is 4.82. The summed E-state index contributed by atoms with van der Waals surface area (Å²) in [7, 11) is 1.54. The summed E-state index contributed by atoms with van der Waals surface area (Å²) in [5.41, 5.74) is 0.961. The standard InChI is InChI=1S/C14H20N2O3/c1-4-8-16(9-13(18)15-3)14(19)11-6-5-7-12(17)10(11)2/h5-7,17H,4,8-9H2,1-3H3,(H,15,18). The first-order valence-corrected chi connectivity index (χ1v) is 6.29. The first-order valence-electron chi connectivity index (χ1n) is 6.29. The lowest BCUT2D eigenvalue weighted by Gasteiger charge is -2.22. The average molecular weight is 264 g/mol. The maximum Gasteiger partial charge on any atom is 0.254 e. The summed E-state index contributed by atoms with van der Waals surface area (Å²) in [6.45, 7) is 4.16. The first kappa shape index (κ1) is 15.0. The molecular weight excluding hydrogens is 244 g/mol. The Morgan fingerprint density at radius 2 is 2.05 bits per heavy atom. The van der Waals surface area contributed by atoms with E-state index in [1.807, 2.05) is 6.92 Å². The molecule has 2 N–H and O–H groups in total. The minimum absolute atomic E-state index is 0.0261. The Balaban J connectivity index is 2.98. The summed E-state index contributed by atoms with van der Waals surface area (Å²) < 4.78 is 0. The quantitative estimate of drug-likeness (QED) is 0.842. The molecule has 5 heteroatoms. The fraction of sp³-hybridized carbons (Fsp3) is 0.429. The van der Waals surface area contributed by atoms with Crippen molar-refractivity contribution in [3.8, 4) is 5.75 Å². The van der Waals surface area contributed by atoms with Crippen molar-refractivity contribution in [2.75, 3.05) is 20.1 Å². The Hall–Kier alpha value is -2.04. The van der Waals surface area contributed by atoms with E-state index >= 15 is 0 Å². The highest BCUT2D eigenvalue weighted by molar-refractivity contribution is 5.98. The minimum Gasteiger partial charge on any atom is -0.508 e. The number of likely N-dealkylation sites (N-methyl/N-ethyl adjacent to an activating group) is 1. The number of phenolic OH excluding ortho intramolecular Hbond substituents is 1. The van der Waals surface area contributed by atoms with E-state index in [4.69, 9.17) is 0 Å². The van der Waals surface area contributed by atoms with Gasteiger partial charge in [-0.25, -0.2) is 0 Å². The van der Waals surface area contributed by atoms with Gasteiger partial charge in [-0.2, -0.15) is 0 Å². The van der Waals surface area contributed by atoms with Gasteiger partial charge in [0, 0.05) is 24.7 Å². The molecule has 0 saturated carbocycles.